The molecule has 0 radical (unpaired) electrons. The molecule has 23 nitrogen and oxygen atoms in total. The highest BCUT2D eigenvalue weighted by Crippen LogP contribution is 2.18. The van der Waals surface area contributed by atoms with Crippen molar-refractivity contribution in [2.45, 2.75) is 147 Å². The van der Waals surface area contributed by atoms with E-state index in [4.69, 9.17) is 11.5 Å². The van der Waals surface area contributed by atoms with E-state index in [0.29, 0.717) is 31.6 Å². The van der Waals surface area contributed by atoms with Crippen LogP contribution in [0.25, 0.3) is 0 Å². The van der Waals surface area contributed by atoms with E-state index < -0.39 is 133 Å². The van der Waals surface area contributed by atoms with E-state index in [1.807, 2.05) is 0 Å². The summed E-state index contributed by atoms with van der Waals surface area (Å²) in [6, 6.07) is -10.4. The van der Waals surface area contributed by atoms with Gasteiger partial charge in [-0.1, -0.05) is 27.7 Å². The molecule has 0 aromatic carbocycles. The molecule has 1 aliphatic rings. The summed E-state index contributed by atoms with van der Waals surface area (Å²) in [5.74, 6) is -8.14. The fraction of sp³-hybridized carbons (Fsp3) is 0.775. The van der Waals surface area contributed by atoms with E-state index in [1.165, 1.54) is 25.6 Å². The van der Waals surface area contributed by atoms with Gasteiger partial charge in [0.1, 0.15) is 48.3 Å². The minimum absolute atomic E-state index is 0.0445. The van der Waals surface area contributed by atoms with Crippen LogP contribution in [-0.2, 0) is 43.2 Å². The molecule has 0 spiro atoms. The molecule has 10 atom stereocenters. The third kappa shape index (κ3) is 19.2. The maximum atomic E-state index is 13.9. The summed E-state index contributed by atoms with van der Waals surface area (Å²) >= 11 is 1.42. The van der Waals surface area contributed by atoms with Crippen molar-refractivity contribution >= 4 is 65.0 Å². The number of nitrogens with one attached hydrogen (secondary N) is 7. The first kappa shape index (κ1) is 57.4. The molecule has 8 amide bonds. The van der Waals surface area contributed by atoms with Gasteiger partial charge in [-0.05, 0) is 89.2 Å². The Labute approximate surface area is 378 Å². The number of nitrogens with two attached hydrogens (primary N) is 2. The van der Waals surface area contributed by atoms with Gasteiger partial charge < -0.3 is 74.0 Å². The molecule has 0 unspecified atom stereocenters. The van der Waals surface area contributed by atoms with Gasteiger partial charge in [-0.15, -0.1) is 0 Å². The summed E-state index contributed by atoms with van der Waals surface area (Å²) in [4.78, 5) is 119. The number of carbonyl (C=O) groups excluding carboxylic acids is 8. The third-order valence-electron chi connectivity index (χ3n) is 10.4. The monoisotopic (exact) mass is 933 g/mol. The van der Waals surface area contributed by atoms with Crippen molar-refractivity contribution in [1.29, 1.82) is 0 Å². The second kappa shape index (κ2) is 29.0. The molecular weight excluding hydrogens is 861 g/mol. The van der Waals surface area contributed by atoms with Crippen molar-refractivity contribution in [3.05, 3.63) is 0 Å². The highest BCUT2D eigenvalue weighted by Gasteiger charge is 2.38. The van der Waals surface area contributed by atoms with Gasteiger partial charge in [0.2, 0.25) is 47.3 Å². The molecule has 15 N–H and O–H groups in total. The van der Waals surface area contributed by atoms with Gasteiger partial charge in [0, 0.05) is 6.54 Å². The lowest BCUT2D eigenvalue weighted by atomic mass is 9.98. The number of nitrogens with zero attached hydrogens (tertiary/aromatic N) is 1. The van der Waals surface area contributed by atoms with Crippen molar-refractivity contribution in [3.8, 4) is 0 Å². The number of rotatable bonds is 29. The van der Waals surface area contributed by atoms with Gasteiger partial charge >= 0.3 is 5.97 Å². The molecule has 64 heavy (non-hydrogen) atoms. The molecule has 1 aliphatic heterocycles. The number of likely N-dealkylation sites (tertiary alicyclic amines) is 1. The fourth-order valence-electron chi connectivity index (χ4n) is 6.63. The molecule has 0 aromatic rings. The summed E-state index contributed by atoms with van der Waals surface area (Å²) < 4.78 is 0. The number of aliphatic hydroxyl groups is 3. The van der Waals surface area contributed by atoms with Crippen LogP contribution in [0.15, 0.2) is 0 Å². The SMILES string of the molecule is CSCC[C@H](NC(=O)[C@@H](N)[C@@H](C)O)C(=O)N[C@@H](CCCCN)C(=O)N[C@H](C(=O)N[C@@H](CC(C)C)C(=O)N[C@H](C(=O)NCC(=O)N[C@@H](CO)C(=O)N1CCC[C@H]1C(=O)O)[C@@H](C)O)C(C)C. The van der Waals surface area contributed by atoms with Crippen molar-refractivity contribution in [2.75, 3.05) is 38.2 Å². The average Bonchev–Trinajstić information content (AvgIpc) is 3.73. The van der Waals surface area contributed by atoms with Crippen molar-refractivity contribution < 1.29 is 63.6 Å². The molecular formula is C40H72N10O13S. The Bertz CT molecular complexity index is 1590. The first-order valence-corrected chi connectivity index (χ1v) is 22.9. The Morgan fingerprint density at radius 2 is 1.27 bits per heavy atom. The molecule has 0 aromatic heterocycles. The summed E-state index contributed by atoms with van der Waals surface area (Å²) in [6.07, 6.45) is 0.975. The number of unbranched alkanes of at least 4 members (excludes halogenated alkanes) is 1. The van der Waals surface area contributed by atoms with Crippen molar-refractivity contribution in [2.24, 2.45) is 23.3 Å². The van der Waals surface area contributed by atoms with Gasteiger partial charge in [0.25, 0.3) is 0 Å². The number of amides is 8. The Morgan fingerprint density at radius 3 is 1.80 bits per heavy atom. The zero-order valence-corrected chi connectivity index (χ0v) is 38.7. The van der Waals surface area contributed by atoms with Crippen molar-refractivity contribution in [3.63, 3.8) is 0 Å². The fourth-order valence-corrected chi connectivity index (χ4v) is 7.10. The van der Waals surface area contributed by atoms with Crippen LogP contribution in [0.3, 0.4) is 0 Å². The molecule has 0 bridgehead atoms. The van der Waals surface area contributed by atoms with E-state index >= 15 is 0 Å². The number of aliphatic hydroxyl groups excluding tert-OH is 3. The van der Waals surface area contributed by atoms with Gasteiger partial charge in [0.15, 0.2) is 0 Å². The number of carboxylic acid groups (broad SMARTS) is 1. The van der Waals surface area contributed by atoms with Gasteiger partial charge in [0.05, 0.1) is 25.4 Å². The standard InChI is InChI=1S/C40H72N10O13S/c1-20(2)17-26(35(57)49-32(23(6)53)37(59)43-18-29(54)44-27(19-51)39(61)50-15-10-12-28(50)40(62)63)47-38(60)31(21(3)4)48-34(56)24(11-8-9-14-41)45-33(55)25(13-16-64-7)46-36(58)30(42)22(5)52/h20-28,30-32,51-53H,8-19,41-42H2,1-7H3,(H,43,59)(H,44,54)(H,45,55)(H,46,58)(H,47,60)(H,48,56)(H,49,57)(H,62,63)/t22-,23-,24+,25+,26+,27+,28+,30+,31+,32+/m1/s1. The quantitative estimate of drug-likeness (QED) is 0.0316. The van der Waals surface area contributed by atoms with Gasteiger partial charge in [-0.2, -0.15) is 11.8 Å². The van der Waals surface area contributed by atoms with E-state index in [0.717, 1.165) is 4.90 Å². The Morgan fingerprint density at radius 1 is 0.703 bits per heavy atom. The second-order valence-electron chi connectivity index (χ2n) is 16.7. The van der Waals surface area contributed by atoms with E-state index in [-0.39, 0.29) is 38.1 Å². The summed E-state index contributed by atoms with van der Waals surface area (Å²) in [6.45, 7) is 8.15. The van der Waals surface area contributed by atoms with E-state index in [9.17, 15) is 63.6 Å². The first-order chi connectivity index (χ1) is 30.0. The van der Waals surface area contributed by atoms with Crippen LogP contribution < -0.4 is 48.7 Å². The largest absolute Gasteiger partial charge is 0.480 e. The summed E-state index contributed by atoms with van der Waals surface area (Å²) in [7, 11) is 0. The van der Waals surface area contributed by atoms with E-state index in [2.05, 4.69) is 37.2 Å². The predicted octanol–water partition coefficient (Wildman–Crippen LogP) is -4.25. The number of hydrogen-bond acceptors (Lipinski definition) is 15. The lowest BCUT2D eigenvalue weighted by Crippen LogP contribution is -2.61. The minimum Gasteiger partial charge on any atom is -0.480 e. The average molecular weight is 933 g/mol. The molecule has 1 fully saturated rings. The maximum Gasteiger partial charge on any atom is 0.326 e. The lowest BCUT2D eigenvalue weighted by Gasteiger charge is -2.29. The van der Waals surface area contributed by atoms with Crippen LogP contribution in [-0.4, -0.2) is 177 Å². The molecule has 366 valence electrons. The Hall–Kier alpha value is -4.62. The van der Waals surface area contributed by atoms with Crippen LogP contribution >= 0.6 is 11.8 Å². The Balaban J connectivity index is 3.16. The van der Waals surface area contributed by atoms with Crippen LogP contribution in [0.4, 0.5) is 0 Å². The number of hydrogen-bond donors (Lipinski definition) is 13. The predicted molar refractivity (Wildman–Crippen MR) is 236 cm³/mol. The highest BCUT2D eigenvalue weighted by molar-refractivity contribution is 7.98. The number of carbonyl (C=O) groups is 9. The van der Waals surface area contributed by atoms with Crippen molar-refractivity contribution in [1.82, 2.24) is 42.1 Å². The lowest BCUT2D eigenvalue weighted by molar-refractivity contribution is -0.149. The van der Waals surface area contributed by atoms with Gasteiger partial charge in [-0.25, -0.2) is 4.79 Å². The number of aliphatic carboxylic acids is 1. The summed E-state index contributed by atoms with van der Waals surface area (Å²) in [5, 5.41) is 56.9. The van der Waals surface area contributed by atoms with Crippen LogP contribution in [0, 0.1) is 11.8 Å². The van der Waals surface area contributed by atoms with Gasteiger partial charge in [-0.3, -0.25) is 38.4 Å². The molecule has 0 aliphatic carbocycles. The number of thioether (sulfide) groups is 1. The zero-order valence-electron chi connectivity index (χ0n) is 37.9. The minimum atomic E-state index is -1.64. The third-order valence-corrected chi connectivity index (χ3v) is 11.0. The smallest absolute Gasteiger partial charge is 0.326 e. The normalized spacial score (nSPS) is 18.0. The number of carboxylic acids is 1. The second-order valence-corrected chi connectivity index (χ2v) is 17.6. The molecule has 24 heteroatoms. The summed E-state index contributed by atoms with van der Waals surface area (Å²) in [5.41, 5.74) is 11.4. The Kier molecular flexibility index (Phi) is 26.0. The molecule has 1 rings (SSSR count). The molecule has 1 heterocycles. The maximum absolute atomic E-state index is 13.9. The highest BCUT2D eigenvalue weighted by atomic mass is 32.2. The van der Waals surface area contributed by atoms with Crippen LogP contribution in [0.5, 0.6) is 0 Å². The first-order valence-electron chi connectivity index (χ1n) is 21.5. The molecule has 1 saturated heterocycles. The molecule has 0 saturated carbocycles. The van der Waals surface area contributed by atoms with E-state index in [1.54, 1.807) is 34.0 Å². The van der Waals surface area contributed by atoms with Crippen LogP contribution in [0.2, 0.25) is 0 Å². The zero-order chi connectivity index (χ0) is 48.8. The van der Waals surface area contributed by atoms with Crippen LogP contribution in [0.1, 0.15) is 86.5 Å². The topological polar surface area (TPSA) is 374 Å².